The van der Waals surface area contributed by atoms with Gasteiger partial charge in [-0.25, -0.2) is 0 Å². The fraction of sp³-hybridized carbons (Fsp3) is 0. The highest BCUT2D eigenvalue weighted by Gasteiger charge is 1.95. The fourth-order valence-corrected chi connectivity index (χ4v) is 1.61. The Labute approximate surface area is 94.8 Å². The van der Waals surface area contributed by atoms with Crippen LogP contribution < -0.4 is 0 Å². The van der Waals surface area contributed by atoms with E-state index in [1.807, 2.05) is 24.3 Å². The molecule has 0 aliphatic rings. The van der Waals surface area contributed by atoms with E-state index in [1.54, 1.807) is 0 Å². The highest BCUT2D eigenvalue weighted by atomic mass is 32.1. The van der Waals surface area contributed by atoms with Gasteiger partial charge in [-0.1, -0.05) is 24.3 Å². The number of rotatable bonds is 1. The number of benzene rings is 2. The zero-order valence-corrected chi connectivity index (χ0v) is 9.30. The van der Waals surface area contributed by atoms with Crippen LogP contribution in [0.2, 0.25) is 0 Å². The van der Waals surface area contributed by atoms with Crippen LogP contribution in [0.3, 0.4) is 0 Å². The second-order valence-corrected chi connectivity index (χ2v) is 4.13. The summed E-state index contributed by atoms with van der Waals surface area (Å²) in [6.07, 6.45) is 0. The molecule has 0 unspecified atom stereocenters. The summed E-state index contributed by atoms with van der Waals surface area (Å²) >= 11 is 8.50. The molecule has 0 saturated carbocycles. The quantitative estimate of drug-likeness (QED) is 0.666. The van der Waals surface area contributed by atoms with Gasteiger partial charge in [-0.2, -0.15) is 0 Å². The lowest BCUT2D eigenvalue weighted by molar-refractivity contribution is 1.44. The lowest BCUT2D eigenvalue weighted by Crippen LogP contribution is -1.76. The molecule has 14 heavy (non-hydrogen) atoms. The lowest BCUT2D eigenvalue weighted by Gasteiger charge is -2.01. The summed E-state index contributed by atoms with van der Waals surface area (Å²) < 4.78 is 0. The predicted octanol–water partition coefficient (Wildman–Crippen LogP) is 3.93. The van der Waals surface area contributed by atoms with Gasteiger partial charge in [0.15, 0.2) is 0 Å². The Morgan fingerprint density at radius 1 is 0.500 bits per heavy atom. The van der Waals surface area contributed by atoms with Crippen LogP contribution in [0, 0.1) is 0 Å². The maximum Gasteiger partial charge on any atom is 0.00404 e. The molecule has 0 heterocycles. The van der Waals surface area contributed by atoms with Gasteiger partial charge < -0.3 is 0 Å². The van der Waals surface area contributed by atoms with Crippen molar-refractivity contribution in [1.29, 1.82) is 0 Å². The summed E-state index contributed by atoms with van der Waals surface area (Å²) in [5, 5.41) is 0. The molecule has 0 fully saturated rings. The van der Waals surface area contributed by atoms with Crippen molar-refractivity contribution in [2.24, 2.45) is 0 Å². The zero-order valence-electron chi connectivity index (χ0n) is 7.51. The molecule has 2 rings (SSSR count). The first kappa shape index (κ1) is 9.69. The third-order valence-corrected chi connectivity index (χ3v) is 2.66. The Kier molecular flexibility index (Phi) is 2.85. The lowest BCUT2D eigenvalue weighted by atomic mass is 10.1. The molecule has 0 saturated heterocycles. The SMILES string of the molecule is Sc1ccc(-c2ccc(S)cc2)cc1. The van der Waals surface area contributed by atoms with Crippen molar-refractivity contribution in [3.63, 3.8) is 0 Å². The van der Waals surface area contributed by atoms with E-state index in [0.29, 0.717) is 0 Å². The highest BCUT2D eigenvalue weighted by Crippen LogP contribution is 2.21. The van der Waals surface area contributed by atoms with Gasteiger partial charge in [0.1, 0.15) is 0 Å². The summed E-state index contributed by atoms with van der Waals surface area (Å²) in [5.41, 5.74) is 2.41. The van der Waals surface area contributed by atoms with Crippen LogP contribution in [0.5, 0.6) is 0 Å². The van der Waals surface area contributed by atoms with E-state index < -0.39 is 0 Å². The van der Waals surface area contributed by atoms with E-state index in [2.05, 4.69) is 49.5 Å². The molecule has 70 valence electrons. The third kappa shape index (κ3) is 2.14. The standard InChI is InChI=1S/C12H10S2/c13-11-5-1-9(2-6-11)10-3-7-12(14)8-4-10/h1-8,13-14H. The van der Waals surface area contributed by atoms with E-state index in [4.69, 9.17) is 0 Å². The highest BCUT2D eigenvalue weighted by molar-refractivity contribution is 7.80. The predicted molar refractivity (Wildman–Crippen MR) is 66.4 cm³/mol. The van der Waals surface area contributed by atoms with Gasteiger partial charge in [-0.15, -0.1) is 25.3 Å². The van der Waals surface area contributed by atoms with Crippen molar-refractivity contribution < 1.29 is 0 Å². The second-order valence-electron chi connectivity index (χ2n) is 3.09. The van der Waals surface area contributed by atoms with Crippen molar-refractivity contribution >= 4 is 25.3 Å². The Balaban J connectivity index is 2.40. The molecular weight excluding hydrogens is 208 g/mol. The van der Waals surface area contributed by atoms with Gasteiger partial charge in [0.25, 0.3) is 0 Å². The van der Waals surface area contributed by atoms with Crippen molar-refractivity contribution in [1.82, 2.24) is 0 Å². The smallest absolute Gasteiger partial charge is 0.00404 e. The maximum atomic E-state index is 4.25. The van der Waals surface area contributed by atoms with E-state index in [1.165, 1.54) is 11.1 Å². The molecule has 0 spiro atoms. The van der Waals surface area contributed by atoms with Crippen LogP contribution >= 0.6 is 25.3 Å². The fourth-order valence-electron chi connectivity index (χ4n) is 1.31. The van der Waals surface area contributed by atoms with E-state index >= 15 is 0 Å². The minimum atomic E-state index is 0.986. The summed E-state index contributed by atoms with van der Waals surface area (Å²) in [6, 6.07) is 16.2. The van der Waals surface area contributed by atoms with Gasteiger partial charge in [0, 0.05) is 9.79 Å². The molecular formula is C12H10S2. The van der Waals surface area contributed by atoms with Crippen LogP contribution in [0.1, 0.15) is 0 Å². The number of hydrogen-bond acceptors (Lipinski definition) is 2. The molecule has 2 heteroatoms. The maximum absolute atomic E-state index is 4.25. The second kappa shape index (κ2) is 4.11. The van der Waals surface area contributed by atoms with Gasteiger partial charge in [-0.3, -0.25) is 0 Å². The van der Waals surface area contributed by atoms with Gasteiger partial charge in [-0.05, 0) is 35.4 Å². The monoisotopic (exact) mass is 218 g/mol. The van der Waals surface area contributed by atoms with Crippen molar-refractivity contribution in [2.75, 3.05) is 0 Å². The van der Waals surface area contributed by atoms with Crippen LogP contribution in [0.15, 0.2) is 58.3 Å². The molecule has 0 aliphatic carbocycles. The average Bonchev–Trinajstić information content (AvgIpc) is 2.21. The molecule has 0 bridgehead atoms. The van der Waals surface area contributed by atoms with Crippen LogP contribution in [0.25, 0.3) is 11.1 Å². The summed E-state index contributed by atoms with van der Waals surface area (Å²) in [4.78, 5) is 1.97. The molecule has 0 aliphatic heterocycles. The molecule has 0 nitrogen and oxygen atoms in total. The van der Waals surface area contributed by atoms with Crippen molar-refractivity contribution in [2.45, 2.75) is 9.79 Å². The summed E-state index contributed by atoms with van der Waals surface area (Å²) in [7, 11) is 0. The third-order valence-electron chi connectivity index (χ3n) is 2.07. The van der Waals surface area contributed by atoms with Crippen LogP contribution in [-0.2, 0) is 0 Å². The number of hydrogen-bond donors (Lipinski definition) is 2. The zero-order chi connectivity index (χ0) is 9.97. The van der Waals surface area contributed by atoms with Crippen molar-refractivity contribution in [3.05, 3.63) is 48.5 Å². The minimum absolute atomic E-state index is 0.986. The molecule has 2 aromatic rings. The van der Waals surface area contributed by atoms with Gasteiger partial charge in [0.2, 0.25) is 0 Å². The van der Waals surface area contributed by atoms with E-state index in [0.717, 1.165) is 9.79 Å². The average molecular weight is 218 g/mol. The summed E-state index contributed by atoms with van der Waals surface area (Å²) in [6.45, 7) is 0. The first-order valence-electron chi connectivity index (χ1n) is 4.34. The Morgan fingerprint density at radius 3 is 1.07 bits per heavy atom. The van der Waals surface area contributed by atoms with Gasteiger partial charge in [0.05, 0.1) is 0 Å². The topological polar surface area (TPSA) is 0 Å². The van der Waals surface area contributed by atoms with Crippen LogP contribution in [0.4, 0.5) is 0 Å². The molecule has 0 amide bonds. The molecule has 0 radical (unpaired) electrons. The Morgan fingerprint density at radius 2 is 0.786 bits per heavy atom. The number of thiol groups is 2. The summed E-state index contributed by atoms with van der Waals surface area (Å²) in [5.74, 6) is 0. The molecule has 2 aromatic carbocycles. The minimum Gasteiger partial charge on any atom is -0.143 e. The molecule has 0 aromatic heterocycles. The molecule has 0 N–H and O–H groups in total. The van der Waals surface area contributed by atoms with E-state index in [9.17, 15) is 0 Å². The van der Waals surface area contributed by atoms with Gasteiger partial charge >= 0.3 is 0 Å². The van der Waals surface area contributed by atoms with Crippen LogP contribution in [-0.4, -0.2) is 0 Å². The van der Waals surface area contributed by atoms with Crippen molar-refractivity contribution in [3.8, 4) is 11.1 Å². The normalized spacial score (nSPS) is 10.1. The Hall–Kier alpha value is -0.860. The molecule has 0 atom stereocenters. The largest absolute Gasteiger partial charge is 0.143 e. The Bertz CT molecular complexity index is 372. The first-order chi connectivity index (χ1) is 6.75. The van der Waals surface area contributed by atoms with E-state index in [-0.39, 0.29) is 0 Å². The first-order valence-corrected chi connectivity index (χ1v) is 5.23.